The topological polar surface area (TPSA) is 97.4 Å². The molecule has 10 heteroatoms. The molecule has 1 aromatic carbocycles. The number of anilines is 2. The van der Waals surface area contributed by atoms with Crippen LogP contribution >= 0.6 is 11.6 Å². The van der Waals surface area contributed by atoms with Crippen molar-refractivity contribution in [3.63, 3.8) is 0 Å². The maximum Gasteiger partial charge on any atom is 0.350 e. The number of benzene rings is 1. The van der Waals surface area contributed by atoms with Gasteiger partial charge in [0, 0.05) is 25.0 Å². The van der Waals surface area contributed by atoms with Gasteiger partial charge in [0.25, 0.3) is 5.91 Å². The maximum atomic E-state index is 12.9. The summed E-state index contributed by atoms with van der Waals surface area (Å²) in [4.78, 5) is 36.1. The Morgan fingerprint density at radius 1 is 1.12 bits per heavy atom. The number of nitrogens with one attached hydrogen (secondary N) is 1. The summed E-state index contributed by atoms with van der Waals surface area (Å²) in [5, 5.41) is 7.38. The lowest BCUT2D eigenvalue weighted by Crippen LogP contribution is -2.23. The Bertz CT molecular complexity index is 1360. The predicted molar refractivity (Wildman–Crippen MR) is 121 cm³/mol. The van der Waals surface area contributed by atoms with Crippen LogP contribution in [0.5, 0.6) is 0 Å². The van der Waals surface area contributed by atoms with Crippen LogP contribution in [0.15, 0.2) is 59.7 Å². The Hall–Kier alpha value is -3.72. The molecule has 162 valence electrons. The second-order valence-electron chi connectivity index (χ2n) is 7.58. The molecule has 4 heterocycles. The van der Waals surface area contributed by atoms with Crippen molar-refractivity contribution in [1.29, 1.82) is 0 Å². The number of rotatable bonds is 5. The van der Waals surface area contributed by atoms with Crippen LogP contribution in [0, 0.1) is 0 Å². The minimum Gasteiger partial charge on any atom is -0.341 e. The van der Waals surface area contributed by atoms with Gasteiger partial charge in [-0.15, -0.1) is 5.10 Å². The number of amides is 1. The zero-order valence-corrected chi connectivity index (χ0v) is 17.9. The minimum atomic E-state index is -0.417. The van der Waals surface area contributed by atoms with E-state index in [4.69, 9.17) is 11.6 Å². The lowest BCUT2D eigenvalue weighted by atomic mass is 10.2. The van der Waals surface area contributed by atoms with Crippen molar-refractivity contribution in [3.8, 4) is 0 Å². The van der Waals surface area contributed by atoms with Crippen molar-refractivity contribution in [2.24, 2.45) is 0 Å². The van der Waals surface area contributed by atoms with Crippen LogP contribution in [0.1, 0.15) is 28.9 Å². The van der Waals surface area contributed by atoms with Crippen LogP contribution in [0.4, 0.5) is 11.6 Å². The van der Waals surface area contributed by atoms with Crippen molar-refractivity contribution in [2.45, 2.75) is 19.4 Å². The number of pyridine rings is 1. The highest BCUT2D eigenvalue weighted by molar-refractivity contribution is 6.34. The lowest BCUT2D eigenvalue weighted by molar-refractivity contribution is 0.102. The molecule has 0 radical (unpaired) electrons. The number of carbonyl (C=O) groups is 1. The van der Waals surface area contributed by atoms with Gasteiger partial charge >= 0.3 is 5.69 Å². The van der Waals surface area contributed by atoms with E-state index in [2.05, 4.69) is 20.4 Å². The first-order valence-electron chi connectivity index (χ1n) is 10.3. The van der Waals surface area contributed by atoms with E-state index in [1.165, 1.54) is 15.3 Å². The third kappa shape index (κ3) is 3.94. The molecule has 0 aliphatic carbocycles. The van der Waals surface area contributed by atoms with Gasteiger partial charge in [-0.05, 0) is 42.7 Å². The van der Waals surface area contributed by atoms with Crippen molar-refractivity contribution in [3.05, 3.63) is 81.6 Å². The van der Waals surface area contributed by atoms with E-state index in [1.807, 2.05) is 23.1 Å². The summed E-state index contributed by atoms with van der Waals surface area (Å²) in [6, 6.07) is 12.6. The molecule has 0 saturated carbocycles. The summed E-state index contributed by atoms with van der Waals surface area (Å²) >= 11 is 6.21. The fourth-order valence-electron chi connectivity index (χ4n) is 3.77. The van der Waals surface area contributed by atoms with Gasteiger partial charge in [-0.3, -0.25) is 9.20 Å². The van der Waals surface area contributed by atoms with Crippen LogP contribution in [-0.2, 0) is 6.54 Å². The molecule has 9 nitrogen and oxygen atoms in total. The number of nitrogens with zero attached hydrogens (tertiary/aromatic N) is 6. The van der Waals surface area contributed by atoms with E-state index < -0.39 is 5.91 Å². The van der Waals surface area contributed by atoms with Gasteiger partial charge in [0.1, 0.15) is 0 Å². The number of halogens is 1. The van der Waals surface area contributed by atoms with Crippen LogP contribution in [0.2, 0.25) is 5.02 Å². The molecule has 0 spiro atoms. The highest BCUT2D eigenvalue weighted by atomic mass is 35.5. The highest BCUT2D eigenvalue weighted by Crippen LogP contribution is 2.21. The fourth-order valence-corrected chi connectivity index (χ4v) is 3.95. The van der Waals surface area contributed by atoms with Crippen molar-refractivity contribution < 1.29 is 4.79 Å². The van der Waals surface area contributed by atoms with E-state index in [0.717, 1.165) is 31.5 Å². The summed E-state index contributed by atoms with van der Waals surface area (Å²) in [6.45, 7) is 2.01. The Morgan fingerprint density at radius 3 is 2.78 bits per heavy atom. The van der Waals surface area contributed by atoms with Gasteiger partial charge in [-0.1, -0.05) is 29.8 Å². The smallest absolute Gasteiger partial charge is 0.341 e. The molecule has 1 aliphatic heterocycles. The van der Waals surface area contributed by atoms with Crippen LogP contribution in [-0.4, -0.2) is 43.1 Å². The number of carbonyl (C=O) groups excluding carboxylic acids is 1. The zero-order valence-electron chi connectivity index (χ0n) is 17.1. The molecule has 1 aliphatic rings. The van der Waals surface area contributed by atoms with Gasteiger partial charge in [0.05, 0.1) is 17.8 Å². The molecule has 0 atom stereocenters. The molecular formula is C22H20ClN7O2. The Labute approximate surface area is 188 Å². The number of aromatic nitrogens is 5. The molecule has 0 unspecified atom stereocenters. The molecule has 4 aromatic rings. The molecule has 1 N–H and O–H groups in total. The summed E-state index contributed by atoms with van der Waals surface area (Å²) in [5.74, 6) is 0.0944. The number of hydrogen-bond acceptors (Lipinski definition) is 6. The third-order valence-electron chi connectivity index (χ3n) is 5.34. The van der Waals surface area contributed by atoms with Gasteiger partial charge in [-0.2, -0.15) is 0 Å². The largest absolute Gasteiger partial charge is 0.350 e. The molecule has 32 heavy (non-hydrogen) atoms. The fraction of sp³-hybridized carbons (Fsp3) is 0.227. The molecule has 1 saturated heterocycles. The van der Waals surface area contributed by atoms with Gasteiger partial charge < -0.3 is 10.2 Å². The highest BCUT2D eigenvalue weighted by Gasteiger charge is 2.20. The first kappa shape index (κ1) is 20.2. The van der Waals surface area contributed by atoms with Gasteiger partial charge in [0.2, 0.25) is 5.95 Å². The van der Waals surface area contributed by atoms with Crippen LogP contribution in [0.25, 0.3) is 5.65 Å². The average molecular weight is 450 g/mol. The summed E-state index contributed by atoms with van der Waals surface area (Å²) in [7, 11) is 0. The summed E-state index contributed by atoms with van der Waals surface area (Å²) < 4.78 is 2.88. The first-order valence-corrected chi connectivity index (χ1v) is 10.7. The Morgan fingerprint density at radius 2 is 1.97 bits per heavy atom. The Balaban J connectivity index is 1.36. The second kappa shape index (κ2) is 8.43. The van der Waals surface area contributed by atoms with E-state index in [1.54, 1.807) is 30.5 Å². The number of hydrogen-bond donors (Lipinski definition) is 1. The van der Waals surface area contributed by atoms with E-state index in [9.17, 15) is 9.59 Å². The third-order valence-corrected chi connectivity index (χ3v) is 5.62. The minimum absolute atomic E-state index is 0.130. The van der Waals surface area contributed by atoms with Crippen LogP contribution < -0.4 is 15.9 Å². The lowest BCUT2D eigenvalue weighted by Gasteiger charge is -2.16. The first-order chi connectivity index (χ1) is 15.6. The van der Waals surface area contributed by atoms with Crippen molar-refractivity contribution in [2.75, 3.05) is 23.3 Å². The molecular weight excluding hydrogens is 430 g/mol. The monoisotopic (exact) mass is 449 g/mol. The van der Waals surface area contributed by atoms with E-state index >= 15 is 0 Å². The zero-order chi connectivity index (χ0) is 22.1. The summed E-state index contributed by atoms with van der Waals surface area (Å²) in [5.41, 5.74) is 1.87. The molecule has 5 rings (SSSR count). The van der Waals surface area contributed by atoms with E-state index in [-0.39, 0.29) is 23.0 Å². The van der Waals surface area contributed by atoms with Crippen LogP contribution in [0.3, 0.4) is 0 Å². The van der Waals surface area contributed by atoms with Gasteiger partial charge in [0.15, 0.2) is 11.3 Å². The molecule has 1 fully saturated rings. The standard InChI is InChI=1S/C22H20ClN7O2/c23-17-13-24-21(28-9-3-4-10-28)26-19(17)20(31)25-16-7-5-6-15(12-16)14-30-22(32)29-11-2-1-8-18(29)27-30/h1-2,5-8,11-13H,3-4,9-10,14H2,(H,25,31). The number of fused-ring (bicyclic) bond motifs is 1. The normalized spacial score (nSPS) is 13.6. The quantitative estimate of drug-likeness (QED) is 0.503. The predicted octanol–water partition coefficient (Wildman–Crippen LogP) is 2.84. The molecule has 1 amide bonds. The maximum absolute atomic E-state index is 12.9. The average Bonchev–Trinajstić information content (AvgIpc) is 3.44. The van der Waals surface area contributed by atoms with Crippen molar-refractivity contribution in [1.82, 2.24) is 24.1 Å². The van der Waals surface area contributed by atoms with Gasteiger partial charge in [-0.25, -0.2) is 19.4 Å². The summed E-state index contributed by atoms with van der Waals surface area (Å²) in [6.07, 6.45) is 5.30. The second-order valence-corrected chi connectivity index (χ2v) is 7.99. The van der Waals surface area contributed by atoms with E-state index in [0.29, 0.717) is 17.3 Å². The molecule has 0 bridgehead atoms. The Kier molecular flexibility index (Phi) is 5.32. The van der Waals surface area contributed by atoms with Crippen molar-refractivity contribution >= 4 is 34.8 Å². The molecule has 3 aromatic heterocycles. The SMILES string of the molecule is O=C(Nc1cccc(Cn2nc3ccccn3c2=O)c1)c1nc(N2CCCC2)ncc1Cl.